The number of Topliss-reactive ketones (excluding diaryl/α,β-unsaturated/α-hetero) is 1. The van der Waals surface area contributed by atoms with Crippen molar-refractivity contribution in [1.29, 1.82) is 0 Å². The maximum Gasteiger partial charge on any atom is 0.243 e. The van der Waals surface area contributed by atoms with Crippen molar-refractivity contribution < 1.29 is 13.2 Å². The maximum atomic E-state index is 12.5. The zero-order valence-electron chi connectivity index (χ0n) is 11.8. The predicted molar refractivity (Wildman–Crippen MR) is 78.9 cm³/mol. The Morgan fingerprint density at radius 3 is 2.45 bits per heavy atom. The van der Waals surface area contributed by atoms with E-state index in [1.165, 1.54) is 17.3 Å². The molecule has 1 aromatic carbocycles. The van der Waals surface area contributed by atoms with Crippen molar-refractivity contribution in [2.24, 2.45) is 0 Å². The second-order valence-electron chi connectivity index (χ2n) is 4.54. The summed E-state index contributed by atoms with van der Waals surface area (Å²) in [7, 11) is -3.60. The van der Waals surface area contributed by atoms with Gasteiger partial charge in [0.15, 0.2) is 0 Å². The number of sulfonamides is 1. The van der Waals surface area contributed by atoms with Gasteiger partial charge in [-0.05, 0) is 32.1 Å². The third-order valence-electron chi connectivity index (χ3n) is 2.81. The number of carbonyl (C=O) groups is 1. The van der Waals surface area contributed by atoms with E-state index in [1.807, 2.05) is 6.92 Å². The van der Waals surface area contributed by atoms with Crippen LogP contribution >= 0.6 is 0 Å². The number of rotatable bonds is 7. The van der Waals surface area contributed by atoms with E-state index in [4.69, 9.17) is 0 Å². The molecule has 0 amide bonds. The number of carbonyl (C=O) groups excluding carboxylic acids is 1. The van der Waals surface area contributed by atoms with Crippen molar-refractivity contribution in [3.8, 4) is 0 Å². The molecular weight excluding hydrogens is 274 g/mol. The molecule has 20 heavy (non-hydrogen) atoms. The number of hydrogen-bond donors (Lipinski definition) is 0. The first-order valence-corrected chi connectivity index (χ1v) is 7.72. The first-order valence-electron chi connectivity index (χ1n) is 6.28. The van der Waals surface area contributed by atoms with Crippen LogP contribution in [0.4, 0.5) is 0 Å². The van der Waals surface area contributed by atoms with Gasteiger partial charge in [0.1, 0.15) is 5.78 Å². The number of hydrogen-bond acceptors (Lipinski definition) is 3. The van der Waals surface area contributed by atoms with E-state index in [-0.39, 0.29) is 30.2 Å². The Morgan fingerprint density at radius 1 is 1.35 bits per heavy atom. The predicted octanol–water partition coefficient (Wildman–Crippen LogP) is 2.31. The van der Waals surface area contributed by atoms with Gasteiger partial charge in [0.2, 0.25) is 10.0 Å². The van der Waals surface area contributed by atoms with Gasteiger partial charge in [-0.2, -0.15) is 4.31 Å². The summed E-state index contributed by atoms with van der Waals surface area (Å²) in [5, 5.41) is 0. The number of aryl methyl sites for hydroxylation is 1. The van der Waals surface area contributed by atoms with Crippen LogP contribution in [0.5, 0.6) is 0 Å². The Hall–Kier alpha value is -1.68. The minimum Gasteiger partial charge on any atom is -0.300 e. The van der Waals surface area contributed by atoms with E-state index in [0.717, 1.165) is 5.56 Å². The quantitative estimate of drug-likeness (QED) is 0.725. The lowest BCUT2D eigenvalue weighted by Gasteiger charge is -2.20. The zero-order chi connectivity index (χ0) is 15.2. The molecule has 0 saturated carbocycles. The second kappa shape index (κ2) is 7.20. The molecule has 0 fully saturated rings. The summed E-state index contributed by atoms with van der Waals surface area (Å²) in [4.78, 5) is 11.3. The van der Waals surface area contributed by atoms with Crippen LogP contribution in [0.2, 0.25) is 0 Å². The van der Waals surface area contributed by atoms with Gasteiger partial charge in [-0.25, -0.2) is 8.42 Å². The molecule has 108 valence electrons. The van der Waals surface area contributed by atoms with Gasteiger partial charge < -0.3 is 0 Å². The average Bonchev–Trinajstić information content (AvgIpc) is 2.38. The summed E-state index contributed by atoms with van der Waals surface area (Å²) in [5.41, 5.74) is 3.54. The molecule has 0 aliphatic carbocycles. The molecule has 1 aromatic rings. The summed E-state index contributed by atoms with van der Waals surface area (Å²) in [6, 6.07) is 6.64. The highest BCUT2D eigenvalue weighted by Gasteiger charge is 2.23. The SMILES string of the molecule is C=C=CCN(CCC(C)=O)S(=O)(=O)c1ccc(C)cc1. The molecule has 0 aliphatic heterocycles. The Kier molecular flexibility index (Phi) is 5.89. The highest BCUT2D eigenvalue weighted by molar-refractivity contribution is 7.89. The molecule has 5 heteroatoms. The fourth-order valence-electron chi connectivity index (χ4n) is 1.62. The van der Waals surface area contributed by atoms with Crippen molar-refractivity contribution in [3.63, 3.8) is 0 Å². The van der Waals surface area contributed by atoms with E-state index in [9.17, 15) is 13.2 Å². The molecule has 0 heterocycles. The van der Waals surface area contributed by atoms with Gasteiger partial charge >= 0.3 is 0 Å². The molecule has 0 saturated heterocycles. The highest BCUT2D eigenvalue weighted by Crippen LogP contribution is 2.16. The van der Waals surface area contributed by atoms with Gasteiger partial charge in [0.05, 0.1) is 4.90 Å². The first kappa shape index (κ1) is 16.4. The van der Waals surface area contributed by atoms with Crippen molar-refractivity contribution in [2.75, 3.05) is 13.1 Å². The minimum absolute atomic E-state index is 0.0447. The lowest BCUT2D eigenvalue weighted by atomic mass is 10.2. The van der Waals surface area contributed by atoms with Crippen molar-refractivity contribution in [2.45, 2.75) is 25.2 Å². The highest BCUT2D eigenvalue weighted by atomic mass is 32.2. The summed E-state index contributed by atoms with van der Waals surface area (Å²) in [5.74, 6) is -0.0447. The zero-order valence-corrected chi connectivity index (χ0v) is 12.6. The van der Waals surface area contributed by atoms with Crippen LogP contribution in [0, 0.1) is 6.92 Å². The van der Waals surface area contributed by atoms with Crippen molar-refractivity contribution in [3.05, 3.63) is 48.2 Å². The third-order valence-corrected chi connectivity index (χ3v) is 4.69. The fraction of sp³-hybridized carbons (Fsp3) is 0.333. The van der Waals surface area contributed by atoms with Crippen LogP contribution in [0.1, 0.15) is 18.9 Å². The van der Waals surface area contributed by atoms with Crippen LogP contribution in [-0.4, -0.2) is 31.6 Å². The summed E-state index contributed by atoms with van der Waals surface area (Å²) >= 11 is 0. The van der Waals surface area contributed by atoms with Crippen LogP contribution in [0.3, 0.4) is 0 Å². The molecule has 0 unspecified atom stereocenters. The Morgan fingerprint density at radius 2 is 1.95 bits per heavy atom. The van der Waals surface area contributed by atoms with Gasteiger partial charge in [-0.1, -0.05) is 24.3 Å². The number of benzene rings is 1. The lowest BCUT2D eigenvalue weighted by molar-refractivity contribution is -0.117. The van der Waals surface area contributed by atoms with Crippen LogP contribution in [-0.2, 0) is 14.8 Å². The van der Waals surface area contributed by atoms with Crippen molar-refractivity contribution in [1.82, 2.24) is 4.31 Å². The topological polar surface area (TPSA) is 54.5 Å². The lowest BCUT2D eigenvalue weighted by Crippen LogP contribution is -2.33. The summed E-state index contributed by atoms with van der Waals surface area (Å²) in [6.45, 7) is 7.08. The first-order chi connectivity index (χ1) is 9.37. The monoisotopic (exact) mass is 293 g/mol. The summed E-state index contributed by atoms with van der Waals surface area (Å²) in [6.07, 6.45) is 1.72. The molecular formula is C15H19NO3S. The standard InChI is InChI=1S/C15H19NO3S/c1-4-5-11-16(12-10-14(3)17)20(18,19)15-8-6-13(2)7-9-15/h5-9H,1,10-12H2,2-3H3. The molecule has 0 aliphatic rings. The Balaban J connectivity index is 3.05. The molecule has 0 aromatic heterocycles. The van der Waals surface area contributed by atoms with Gasteiger partial charge in [0.25, 0.3) is 0 Å². The number of ketones is 1. The van der Waals surface area contributed by atoms with Gasteiger partial charge in [0, 0.05) is 19.5 Å². The van der Waals surface area contributed by atoms with Crippen LogP contribution in [0.15, 0.2) is 47.5 Å². The molecule has 4 nitrogen and oxygen atoms in total. The van der Waals surface area contributed by atoms with E-state index in [2.05, 4.69) is 12.3 Å². The van der Waals surface area contributed by atoms with Gasteiger partial charge in [-0.3, -0.25) is 4.79 Å². The third kappa shape index (κ3) is 4.46. The Labute approximate surface area is 120 Å². The molecule has 1 rings (SSSR count). The Bertz CT molecular complexity index is 611. The van der Waals surface area contributed by atoms with Crippen molar-refractivity contribution >= 4 is 15.8 Å². The van der Waals surface area contributed by atoms with E-state index < -0.39 is 10.0 Å². The fourth-order valence-corrected chi connectivity index (χ4v) is 3.00. The summed E-state index contributed by atoms with van der Waals surface area (Å²) < 4.78 is 26.3. The number of nitrogens with zero attached hydrogens (tertiary/aromatic N) is 1. The minimum atomic E-state index is -3.60. The largest absolute Gasteiger partial charge is 0.300 e. The van der Waals surface area contributed by atoms with Gasteiger partial charge in [-0.15, -0.1) is 5.73 Å². The molecule has 0 radical (unpaired) electrons. The normalized spacial score (nSPS) is 11.2. The second-order valence-corrected chi connectivity index (χ2v) is 6.47. The van der Waals surface area contributed by atoms with Crippen LogP contribution < -0.4 is 0 Å². The van der Waals surface area contributed by atoms with Crippen LogP contribution in [0.25, 0.3) is 0 Å². The smallest absolute Gasteiger partial charge is 0.243 e. The maximum absolute atomic E-state index is 12.5. The van der Waals surface area contributed by atoms with E-state index in [1.54, 1.807) is 24.3 Å². The van der Waals surface area contributed by atoms with E-state index in [0.29, 0.717) is 0 Å². The average molecular weight is 293 g/mol. The molecule has 0 bridgehead atoms. The molecule has 0 N–H and O–H groups in total. The molecule has 0 spiro atoms. The molecule has 0 atom stereocenters. The van der Waals surface area contributed by atoms with E-state index >= 15 is 0 Å².